The van der Waals surface area contributed by atoms with Crippen LogP contribution in [0, 0.1) is 23.7 Å². The summed E-state index contributed by atoms with van der Waals surface area (Å²) in [5.74, 6) is -0.0769. The number of fused-ring (bicyclic) bond motifs is 2. The zero-order valence-electron chi connectivity index (χ0n) is 28.6. The Kier molecular flexibility index (Phi) is 12.2. The normalized spacial score (nSPS) is 44.5. The van der Waals surface area contributed by atoms with E-state index in [1.807, 2.05) is 0 Å². The van der Waals surface area contributed by atoms with Crippen molar-refractivity contribution in [2.75, 3.05) is 7.11 Å². The van der Waals surface area contributed by atoms with Crippen molar-refractivity contribution in [1.82, 2.24) is 5.32 Å². The van der Waals surface area contributed by atoms with Gasteiger partial charge in [-0.1, -0.05) is 32.1 Å². The van der Waals surface area contributed by atoms with Gasteiger partial charge in [-0.25, -0.2) is 0 Å². The van der Waals surface area contributed by atoms with Crippen LogP contribution in [0.3, 0.4) is 0 Å². The van der Waals surface area contributed by atoms with Crippen LogP contribution in [0.5, 0.6) is 0 Å². The van der Waals surface area contributed by atoms with Gasteiger partial charge < -0.3 is 20.3 Å². The van der Waals surface area contributed by atoms with Crippen molar-refractivity contribution in [2.24, 2.45) is 44.1 Å². The highest BCUT2D eigenvalue weighted by atomic mass is 32.2. The maximum atomic E-state index is 12.6. The molecule has 6 aliphatic carbocycles. The Morgan fingerprint density at radius 3 is 2.04 bits per heavy atom. The number of rotatable bonds is 9. The number of hydrogen-bond donors (Lipinski definition) is 5. The van der Waals surface area contributed by atoms with E-state index in [1.54, 1.807) is 7.11 Å². The smallest absolute Gasteiger partial charge is 0.270 e. The highest BCUT2D eigenvalue weighted by Gasteiger charge is 2.51. The minimum atomic E-state index is -4.52. The number of nitrogens with zero attached hydrogens (tertiary/aromatic N) is 4. The standard InChI is InChI=1S/C33H57N5O9S2/c1-47-29-18-26(28(39)17-27(29)37-35-23-11-12-24-19(14-23)6-5-9-30(24)48(41,42)43)36-38-32-31(49(44,45)46)16-20-15-22(10-13-25(20)33(32)40)34-21-7-3-2-4-8-21/h19-34,39-40H,2-18H2,1H3,(H,41,42,43)(H,44,45,46). The SMILES string of the molecule is COC1CC(N=NC2C(O)C3CCC(NC4CCCCC4)CC3CC2S(=O)(=O)O)C(O)CC1N=NC1CCC2C(CCCC2S(=O)(=O)O)C1. The number of methoxy groups -OCH3 is 1. The largest absolute Gasteiger partial charge is 0.391 e. The Morgan fingerprint density at radius 2 is 1.33 bits per heavy atom. The Labute approximate surface area is 291 Å². The molecule has 0 saturated heterocycles. The molecule has 0 radical (unpaired) electrons. The fraction of sp³-hybridized carbons (Fsp3) is 1.00. The first-order valence-corrected chi connectivity index (χ1v) is 21.7. The summed E-state index contributed by atoms with van der Waals surface area (Å²) in [6, 6.07) is -1.56. The number of ether oxygens (including phenoxy) is 1. The van der Waals surface area contributed by atoms with Gasteiger partial charge in [-0.3, -0.25) is 9.11 Å². The molecule has 14 atom stereocenters. The van der Waals surface area contributed by atoms with E-state index in [0.29, 0.717) is 31.7 Å². The molecule has 49 heavy (non-hydrogen) atoms. The molecule has 0 aromatic heterocycles. The molecule has 0 amide bonds. The van der Waals surface area contributed by atoms with Gasteiger partial charge in [0.05, 0.1) is 41.7 Å². The van der Waals surface area contributed by atoms with Crippen LogP contribution >= 0.6 is 0 Å². The second-order valence-corrected chi connectivity index (χ2v) is 19.3. The van der Waals surface area contributed by atoms with Crippen LogP contribution < -0.4 is 5.32 Å². The average molecular weight is 732 g/mol. The number of nitrogens with one attached hydrogen (secondary N) is 1. The van der Waals surface area contributed by atoms with Crippen LogP contribution in [0.4, 0.5) is 0 Å². The highest BCUT2D eigenvalue weighted by Crippen LogP contribution is 2.46. The lowest BCUT2D eigenvalue weighted by atomic mass is 9.66. The lowest BCUT2D eigenvalue weighted by Crippen LogP contribution is -2.56. The van der Waals surface area contributed by atoms with Gasteiger partial charge in [-0.15, -0.1) is 0 Å². The van der Waals surface area contributed by atoms with E-state index in [1.165, 1.54) is 19.3 Å². The Bertz CT molecular complexity index is 1390. The molecule has 0 aliphatic heterocycles. The Morgan fingerprint density at radius 1 is 0.612 bits per heavy atom. The molecule has 0 heterocycles. The zero-order valence-corrected chi connectivity index (χ0v) is 30.2. The van der Waals surface area contributed by atoms with Crippen molar-refractivity contribution < 1.29 is 40.9 Å². The predicted octanol–water partition coefficient (Wildman–Crippen LogP) is 4.12. The van der Waals surface area contributed by atoms with Crippen molar-refractivity contribution in [3.05, 3.63) is 0 Å². The summed E-state index contributed by atoms with van der Waals surface area (Å²) < 4.78 is 74.8. The lowest BCUT2D eigenvalue weighted by Gasteiger charge is -2.47. The summed E-state index contributed by atoms with van der Waals surface area (Å²) >= 11 is 0. The quantitative estimate of drug-likeness (QED) is 0.169. The van der Waals surface area contributed by atoms with Crippen LogP contribution in [0.1, 0.15) is 109 Å². The molecule has 0 aromatic carbocycles. The molecule has 6 rings (SSSR count). The first kappa shape index (κ1) is 37.6. The molecule has 14 nitrogen and oxygen atoms in total. The molecular weight excluding hydrogens is 675 g/mol. The summed E-state index contributed by atoms with van der Waals surface area (Å²) in [5, 5.41) is 42.3. The summed E-state index contributed by atoms with van der Waals surface area (Å²) in [7, 11) is -7.04. The van der Waals surface area contributed by atoms with Crippen molar-refractivity contribution in [2.45, 2.75) is 174 Å². The van der Waals surface area contributed by atoms with E-state index < -0.39 is 67.2 Å². The first-order valence-electron chi connectivity index (χ1n) is 18.7. The topological polar surface area (TPSA) is 220 Å². The van der Waals surface area contributed by atoms with Gasteiger partial charge in [0.15, 0.2) is 0 Å². The minimum absolute atomic E-state index is 0.0511. The van der Waals surface area contributed by atoms with Crippen LogP contribution in [-0.4, -0.2) is 108 Å². The third-order valence-electron chi connectivity index (χ3n) is 13.0. The molecule has 0 spiro atoms. The van der Waals surface area contributed by atoms with Crippen molar-refractivity contribution in [3.8, 4) is 0 Å². The number of hydrogen-bond acceptors (Lipinski definition) is 12. The van der Waals surface area contributed by atoms with E-state index in [4.69, 9.17) is 4.74 Å². The van der Waals surface area contributed by atoms with E-state index in [9.17, 15) is 36.2 Å². The van der Waals surface area contributed by atoms with Gasteiger partial charge in [0.2, 0.25) is 0 Å². The maximum Gasteiger partial charge on any atom is 0.270 e. The summed E-state index contributed by atoms with van der Waals surface area (Å²) in [5.41, 5.74) is 0. The second-order valence-electron chi connectivity index (χ2n) is 16.0. The monoisotopic (exact) mass is 731 g/mol. The molecular formula is C33H57N5O9S2. The molecule has 6 saturated carbocycles. The van der Waals surface area contributed by atoms with Gasteiger partial charge >= 0.3 is 0 Å². The average Bonchev–Trinajstić information content (AvgIpc) is 3.06. The molecule has 14 unspecified atom stereocenters. The highest BCUT2D eigenvalue weighted by molar-refractivity contribution is 7.86. The number of aliphatic hydroxyl groups excluding tert-OH is 2. The van der Waals surface area contributed by atoms with Crippen LogP contribution in [-0.2, 0) is 25.0 Å². The fourth-order valence-electron chi connectivity index (χ4n) is 10.4. The number of aliphatic hydroxyl groups is 2. The fourth-order valence-corrected chi connectivity index (χ4v) is 12.7. The third kappa shape index (κ3) is 8.91. The summed E-state index contributed by atoms with van der Waals surface area (Å²) in [6.45, 7) is 0. The third-order valence-corrected chi connectivity index (χ3v) is 15.6. The molecule has 0 bridgehead atoms. The van der Waals surface area contributed by atoms with Gasteiger partial charge in [0, 0.05) is 32.0 Å². The van der Waals surface area contributed by atoms with Crippen molar-refractivity contribution in [1.29, 1.82) is 0 Å². The first-order chi connectivity index (χ1) is 23.3. The van der Waals surface area contributed by atoms with E-state index in [0.717, 1.165) is 44.9 Å². The van der Waals surface area contributed by atoms with Crippen LogP contribution in [0.15, 0.2) is 20.5 Å². The van der Waals surface area contributed by atoms with Crippen LogP contribution in [0.25, 0.3) is 0 Å². The zero-order chi connectivity index (χ0) is 34.9. The molecule has 280 valence electrons. The lowest BCUT2D eigenvalue weighted by molar-refractivity contribution is -0.0179. The second kappa shape index (κ2) is 15.8. The van der Waals surface area contributed by atoms with E-state index in [-0.39, 0.29) is 55.0 Å². The van der Waals surface area contributed by atoms with E-state index in [2.05, 4.69) is 25.8 Å². The molecule has 0 aromatic rings. The minimum Gasteiger partial charge on any atom is -0.391 e. The van der Waals surface area contributed by atoms with Crippen molar-refractivity contribution >= 4 is 20.2 Å². The van der Waals surface area contributed by atoms with Gasteiger partial charge in [-0.2, -0.15) is 37.3 Å². The Balaban J connectivity index is 1.06. The van der Waals surface area contributed by atoms with Gasteiger partial charge in [-0.05, 0) is 87.9 Å². The van der Waals surface area contributed by atoms with Crippen LogP contribution in [0.2, 0.25) is 0 Å². The molecule has 16 heteroatoms. The van der Waals surface area contributed by atoms with Crippen molar-refractivity contribution in [3.63, 3.8) is 0 Å². The van der Waals surface area contributed by atoms with Gasteiger partial charge in [0.25, 0.3) is 20.2 Å². The Hall–Kier alpha value is -1.14. The molecule has 6 aliphatic rings. The predicted molar refractivity (Wildman–Crippen MR) is 182 cm³/mol. The maximum absolute atomic E-state index is 12.6. The van der Waals surface area contributed by atoms with E-state index >= 15 is 0 Å². The number of azo groups is 2. The molecule has 5 N–H and O–H groups in total. The summed E-state index contributed by atoms with van der Waals surface area (Å²) in [4.78, 5) is 0. The van der Waals surface area contributed by atoms with Gasteiger partial charge in [0.1, 0.15) is 11.3 Å². The molecule has 6 fully saturated rings. The summed E-state index contributed by atoms with van der Waals surface area (Å²) in [6.07, 6.45) is 10.9.